The van der Waals surface area contributed by atoms with Crippen LogP contribution in [0, 0.1) is 5.92 Å². The zero-order chi connectivity index (χ0) is 16.9. The highest BCUT2D eigenvalue weighted by Gasteiger charge is 2.31. The molecule has 0 aliphatic carbocycles. The molecular weight excluding hydrogens is 284 g/mol. The maximum absolute atomic E-state index is 11.9. The standard InChI is InChI=1S/C16H30N2O4/c1-11(2)18-9-12(8-14(19)21-6)7-13(10-18)17-15(20)22-16(3,4)5/h11-13H,7-10H2,1-6H3,(H,17,20). The van der Waals surface area contributed by atoms with Crippen molar-refractivity contribution >= 4 is 12.1 Å². The van der Waals surface area contributed by atoms with Crippen molar-refractivity contribution in [2.75, 3.05) is 20.2 Å². The van der Waals surface area contributed by atoms with Crippen LogP contribution < -0.4 is 5.32 Å². The van der Waals surface area contributed by atoms with Crippen molar-refractivity contribution in [1.29, 1.82) is 0 Å². The van der Waals surface area contributed by atoms with E-state index in [0.717, 1.165) is 19.5 Å². The first kappa shape index (κ1) is 18.7. The minimum absolute atomic E-state index is 0.0133. The number of likely N-dealkylation sites (tertiary alicyclic amines) is 1. The minimum Gasteiger partial charge on any atom is -0.469 e. The van der Waals surface area contributed by atoms with E-state index >= 15 is 0 Å². The third-order valence-electron chi connectivity index (χ3n) is 3.70. The smallest absolute Gasteiger partial charge is 0.407 e. The molecule has 1 N–H and O–H groups in total. The summed E-state index contributed by atoms with van der Waals surface area (Å²) in [5.41, 5.74) is -0.512. The number of carbonyl (C=O) groups is 2. The predicted octanol–water partition coefficient (Wildman–Crippen LogP) is 2.17. The van der Waals surface area contributed by atoms with E-state index in [4.69, 9.17) is 9.47 Å². The Balaban J connectivity index is 2.64. The molecule has 6 nitrogen and oxygen atoms in total. The third kappa shape index (κ3) is 6.64. The van der Waals surface area contributed by atoms with E-state index in [0.29, 0.717) is 12.5 Å². The van der Waals surface area contributed by atoms with Gasteiger partial charge >= 0.3 is 12.1 Å². The Kier molecular flexibility index (Phi) is 6.66. The zero-order valence-corrected chi connectivity index (χ0v) is 14.6. The lowest BCUT2D eigenvalue weighted by Crippen LogP contribution is -2.53. The fourth-order valence-electron chi connectivity index (χ4n) is 2.71. The van der Waals surface area contributed by atoms with Crippen molar-refractivity contribution in [2.24, 2.45) is 5.92 Å². The molecule has 22 heavy (non-hydrogen) atoms. The Morgan fingerprint density at radius 2 is 1.91 bits per heavy atom. The van der Waals surface area contributed by atoms with E-state index in [2.05, 4.69) is 24.1 Å². The summed E-state index contributed by atoms with van der Waals surface area (Å²) in [4.78, 5) is 25.7. The number of alkyl carbamates (subject to hydrolysis) is 1. The second kappa shape index (κ2) is 7.81. The summed E-state index contributed by atoms with van der Waals surface area (Å²) in [6.07, 6.45) is 0.740. The molecule has 0 saturated carbocycles. The number of carbonyl (C=O) groups excluding carboxylic acids is 2. The molecule has 0 aromatic heterocycles. The first-order valence-corrected chi connectivity index (χ1v) is 7.91. The van der Waals surface area contributed by atoms with Gasteiger partial charge in [-0.1, -0.05) is 0 Å². The van der Waals surface area contributed by atoms with Crippen molar-refractivity contribution in [1.82, 2.24) is 10.2 Å². The lowest BCUT2D eigenvalue weighted by Gasteiger charge is -2.40. The Labute approximate surface area is 133 Å². The maximum Gasteiger partial charge on any atom is 0.407 e. The van der Waals surface area contributed by atoms with E-state index in [1.54, 1.807) is 0 Å². The van der Waals surface area contributed by atoms with Crippen LogP contribution in [0.3, 0.4) is 0 Å². The van der Waals surface area contributed by atoms with Gasteiger partial charge in [0.05, 0.1) is 7.11 Å². The highest BCUT2D eigenvalue weighted by molar-refractivity contribution is 5.70. The second-order valence-corrected chi connectivity index (χ2v) is 7.27. The van der Waals surface area contributed by atoms with Crippen LogP contribution >= 0.6 is 0 Å². The predicted molar refractivity (Wildman–Crippen MR) is 84.6 cm³/mol. The van der Waals surface area contributed by atoms with Crippen LogP contribution in [0.4, 0.5) is 4.79 Å². The van der Waals surface area contributed by atoms with Gasteiger partial charge in [-0.3, -0.25) is 9.69 Å². The number of nitrogens with zero attached hydrogens (tertiary/aromatic N) is 1. The number of amides is 1. The Morgan fingerprint density at radius 1 is 1.27 bits per heavy atom. The molecule has 6 heteroatoms. The summed E-state index contributed by atoms with van der Waals surface area (Å²) >= 11 is 0. The molecule has 2 atom stereocenters. The fraction of sp³-hybridized carbons (Fsp3) is 0.875. The van der Waals surface area contributed by atoms with Gasteiger partial charge in [0.15, 0.2) is 0 Å². The van der Waals surface area contributed by atoms with Crippen molar-refractivity contribution < 1.29 is 19.1 Å². The summed E-state index contributed by atoms with van der Waals surface area (Å²) in [5, 5.41) is 2.93. The summed E-state index contributed by atoms with van der Waals surface area (Å²) < 4.78 is 10.1. The molecule has 1 rings (SSSR count). The number of hydrogen-bond donors (Lipinski definition) is 1. The molecule has 0 bridgehead atoms. The molecule has 1 fully saturated rings. The van der Waals surface area contributed by atoms with Gasteiger partial charge in [-0.2, -0.15) is 0 Å². The molecule has 0 aromatic rings. The van der Waals surface area contributed by atoms with Gasteiger partial charge in [-0.05, 0) is 47.0 Å². The molecular formula is C16H30N2O4. The number of rotatable bonds is 4. The molecule has 1 saturated heterocycles. The number of piperidine rings is 1. The van der Waals surface area contributed by atoms with Crippen LogP contribution in [0.2, 0.25) is 0 Å². The largest absolute Gasteiger partial charge is 0.469 e. The number of esters is 1. The molecule has 1 aliphatic rings. The minimum atomic E-state index is -0.512. The van der Waals surface area contributed by atoms with Crippen molar-refractivity contribution in [2.45, 2.75) is 65.1 Å². The third-order valence-corrected chi connectivity index (χ3v) is 3.70. The van der Waals surface area contributed by atoms with Gasteiger partial charge in [0.25, 0.3) is 0 Å². The van der Waals surface area contributed by atoms with Gasteiger partial charge in [-0.25, -0.2) is 4.79 Å². The van der Waals surface area contributed by atoms with Crippen molar-refractivity contribution in [3.63, 3.8) is 0 Å². The topological polar surface area (TPSA) is 67.9 Å². The molecule has 1 aliphatic heterocycles. The van der Waals surface area contributed by atoms with Crippen molar-refractivity contribution in [3.8, 4) is 0 Å². The quantitative estimate of drug-likeness (QED) is 0.806. The van der Waals surface area contributed by atoms with Gasteiger partial charge in [0.2, 0.25) is 0 Å². The zero-order valence-electron chi connectivity index (χ0n) is 14.6. The van der Waals surface area contributed by atoms with E-state index in [1.165, 1.54) is 7.11 Å². The SMILES string of the molecule is COC(=O)CC1CC(NC(=O)OC(C)(C)C)CN(C(C)C)C1. The van der Waals surface area contributed by atoms with Crippen LogP contribution in [-0.4, -0.2) is 54.8 Å². The molecule has 0 radical (unpaired) electrons. The van der Waals surface area contributed by atoms with Crippen LogP contribution in [0.15, 0.2) is 0 Å². The monoisotopic (exact) mass is 314 g/mol. The van der Waals surface area contributed by atoms with Crippen molar-refractivity contribution in [3.05, 3.63) is 0 Å². The molecule has 1 heterocycles. The average molecular weight is 314 g/mol. The number of nitrogens with one attached hydrogen (secondary N) is 1. The first-order chi connectivity index (χ1) is 10.1. The molecule has 0 aromatic carbocycles. The summed E-state index contributed by atoms with van der Waals surface area (Å²) in [6, 6.07) is 0.351. The van der Waals surface area contributed by atoms with Gasteiger partial charge in [0, 0.05) is 31.6 Å². The summed E-state index contributed by atoms with van der Waals surface area (Å²) in [5.74, 6) is -0.0184. The Morgan fingerprint density at radius 3 is 2.41 bits per heavy atom. The van der Waals surface area contributed by atoms with Crippen LogP contribution in [-0.2, 0) is 14.3 Å². The average Bonchev–Trinajstić information content (AvgIpc) is 2.35. The van der Waals surface area contributed by atoms with Crippen LogP contribution in [0.5, 0.6) is 0 Å². The van der Waals surface area contributed by atoms with Crippen LogP contribution in [0.1, 0.15) is 47.5 Å². The van der Waals surface area contributed by atoms with E-state index < -0.39 is 11.7 Å². The highest BCUT2D eigenvalue weighted by atomic mass is 16.6. The lowest BCUT2D eigenvalue weighted by molar-refractivity contribution is -0.142. The second-order valence-electron chi connectivity index (χ2n) is 7.27. The summed E-state index contributed by atoms with van der Waals surface area (Å²) in [7, 11) is 1.40. The van der Waals surface area contributed by atoms with Crippen LogP contribution in [0.25, 0.3) is 0 Å². The fourth-order valence-corrected chi connectivity index (χ4v) is 2.71. The summed E-state index contributed by atoms with van der Waals surface area (Å²) in [6.45, 7) is 11.4. The van der Waals surface area contributed by atoms with E-state index in [9.17, 15) is 9.59 Å². The molecule has 0 spiro atoms. The lowest BCUT2D eigenvalue weighted by atomic mass is 9.90. The maximum atomic E-state index is 11.9. The molecule has 2 unspecified atom stereocenters. The normalized spacial score (nSPS) is 23.2. The number of ether oxygens (including phenoxy) is 2. The first-order valence-electron chi connectivity index (χ1n) is 7.91. The Bertz CT molecular complexity index is 390. The number of methoxy groups -OCH3 is 1. The number of hydrogen-bond acceptors (Lipinski definition) is 5. The van der Waals surface area contributed by atoms with Gasteiger partial charge < -0.3 is 14.8 Å². The van der Waals surface area contributed by atoms with Gasteiger partial charge in [0.1, 0.15) is 5.60 Å². The highest BCUT2D eigenvalue weighted by Crippen LogP contribution is 2.22. The van der Waals surface area contributed by atoms with E-state index in [-0.39, 0.29) is 17.9 Å². The van der Waals surface area contributed by atoms with Gasteiger partial charge in [-0.15, -0.1) is 0 Å². The molecule has 128 valence electrons. The molecule has 1 amide bonds. The Hall–Kier alpha value is -1.30. The van der Waals surface area contributed by atoms with E-state index in [1.807, 2.05) is 20.8 Å².